The maximum atomic E-state index is 5.60. The van der Waals surface area contributed by atoms with Crippen LogP contribution in [0.15, 0.2) is 24.3 Å². The molecule has 2 heteroatoms. The summed E-state index contributed by atoms with van der Waals surface area (Å²) in [6.07, 6.45) is 7.91. The van der Waals surface area contributed by atoms with Crippen LogP contribution in [0.5, 0.6) is 5.75 Å². The fraction of sp³-hybridized carbons (Fsp3) is 0.667. The molecule has 0 bridgehead atoms. The van der Waals surface area contributed by atoms with E-state index in [4.69, 9.17) is 4.74 Å². The van der Waals surface area contributed by atoms with E-state index in [1.165, 1.54) is 44.1 Å². The summed E-state index contributed by atoms with van der Waals surface area (Å²) >= 11 is 0. The third-order valence-electron chi connectivity index (χ3n) is 3.62. The van der Waals surface area contributed by atoms with Gasteiger partial charge in [-0.15, -0.1) is 0 Å². The van der Waals surface area contributed by atoms with Crippen molar-refractivity contribution in [2.24, 2.45) is 0 Å². The maximum absolute atomic E-state index is 5.60. The van der Waals surface area contributed by atoms with Crippen molar-refractivity contribution in [2.45, 2.75) is 65.3 Å². The second-order valence-corrected chi connectivity index (χ2v) is 5.32. The molecule has 0 spiro atoms. The van der Waals surface area contributed by atoms with E-state index >= 15 is 0 Å². The zero-order chi connectivity index (χ0) is 14.6. The standard InChI is InChI=1S/C18H31NO/c1-4-7-8-9-10-14-18(19-5-2)16-12-11-13-17(15-16)20-6-3/h11-13,15,18-19H,4-10,14H2,1-3H3. The molecular formula is C18H31NO. The number of hydrogen-bond acceptors (Lipinski definition) is 2. The summed E-state index contributed by atoms with van der Waals surface area (Å²) < 4.78 is 5.60. The Labute approximate surface area is 124 Å². The van der Waals surface area contributed by atoms with E-state index in [0.717, 1.165) is 18.9 Å². The second-order valence-electron chi connectivity index (χ2n) is 5.32. The number of hydrogen-bond donors (Lipinski definition) is 1. The van der Waals surface area contributed by atoms with Crippen molar-refractivity contribution in [1.29, 1.82) is 0 Å². The number of rotatable bonds is 11. The van der Waals surface area contributed by atoms with Crippen molar-refractivity contribution in [3.05, 3.63) is 29.8 Å². The number of unbranched alkanes of at least 4 members (excludes halogenated alkanes) is 4. The molecule has 0 saturated heterocycles. The van der Waals surface area contributed by atoms with Crippen molar-refractivity contribution in [1.82, 2.24) is 5.32 Å². The first kappa shape index (κ1) is 17.0. The first-order chi connectivity index (χ1) is 9.81. The van der Waals surface area contributed by atoms with Crippen LogP contribution in [0.2, 0.25) is 0 Å². The minimum atomic E-state index is 0.460. The van der Waals surface area contributed by atoms with E-state index in [2.05, 4.69) is 37.4 Å². The molecule has 0 aliphatic rings. The van der Waals surface area contributed by atoms with Gasteiger partial charge in [0.05, 0.1) is 6.61 Å². The van der Waals surface area contributed by atoms with E-state index in [1.54, 1.807) is 0 Å². The molecule has 1 aromatic rings. The molecule has 0 amide bonds. The Hall–Kier alpha value is -1.02. The molecule has 0 heterocycles. The molecule has 0 aromatic heterocycles. The molecule has 2 nitrogen and oxygen atoms in total. The number of nitrogens with one attached hydrogen (secondary N) is 1. The van der Waals surface area contributed by atoms with E-state index in [0.29, 0.717) is 6.04 Å². The molecule has 1 rings (SSSR count). The Morgan fingerprint density at radius 2 is 1.85 bits per heavy atom. The summed E-state index contributed by atoms with van der Waals surface area (Å²) in [6.45, 7) is 8.21. The zero-order valence-electron chi connectivity index (χ0n) is 13.5. The van der Waals surface area contributed by atoms with Crippen molar-refractivity contribution in [3.8, 4) is 5.75 Å². The van der Waals surface area contributed by atoms with Crippen molar-refractivity contribution >= 4 is 0 Å². The van der Waals surface area contributed by atoms with Crippen LogP contribution in [-0.4, -0.2) is 13.2 Å². The Bertz CT molecular complexity index is 351. The molecule has 114 valence electrons. The third-order valence-corrected chi connectivity index (χ3v) is 3.62. The topological polar surface area (TPSA) is 21.3 Å². The summed E-state index contributed by atoms with van der Waals surface area (Å²) in [5.74, 6) is 0.985. The van der Waals surface area contributed by atoms with Crippen LogP contribution in [0, 0.1) is 0 Å². The Balaban J connectivity index is 2.53. The van der Waals surface area contributed by atoms with Gasteiger partial charge in [0.2, 0.25) is 0 Å². The van der Waals surface area contributed by atoms with Gasteiger partial charge in [0.15, 0.2) is 0 Å². The molecule has 1 atom stereocenters. The molecule has 1 unspecified atom stereocenters. The van der Waals surface area contributed by atoms with Crippen molar-refractivity contribution in [3.63, 3.8) is 0 Å². The van der Waals surface area contributed by atoms with Crippen molar-refractivity contribution in [2.75, 3.05) is 13.2 Å². The summed E-state index contributed by atoms with van der Waals surface area (Å²) in [7, 11) is 0. The quantitative estimate of drug-likeness (QED) is 0.568. The van der Waals surface area contributed by atoms with E-state index in [-0.39, 0.29) is 0 Å². The lowest BCUT2D eigenvalue weighted by Crippen LogP contribution is -2.20. The van der Waals surface area contributed by atoms with Gasteiger partial charge in [0.1, 0.15) is 5.75 Å². The highest BCUT2D eigenvalue weighted by atomic mass is 16.5. The molecular weight excluding hydrogens is 246 g/mol. The van der Waals surface area contributed by atoms with E-state index in [1.807, 2.05) is 13.0 Å². The fourth-order valence-electron chi connectivity index (χ4n) is 2.57. The summed E-state index contributed by atoms with van der Waals surface area (Å²) in [6, 6.07) is 8.99. The monoisotopic (exact) mass is 277 g/mol. The van der Waals surface area contributed by atoms with Gasteiger partial charge >= 0.3 is 0 Å². The van der Waals surface area contributed by atoms with Crippen LogP contribution < -0.4 is 10.1 Å². The molecule has 20 heavy (non-hydrogen) atoms. The van der Waals surface area contributed by atoms with Crippen LogP contribution in [0.3, 0.4) is 0 Å². The summed E-state index contributed by atoms with van der Waals surface area (Å²) in [4.78, 5) is 0. The number of benzene rings is 1. The Morgan fingerprint density at radius 1 is 1.05 bits per heavy atom. The van der Waals surface area contributed by atoms with Gasteiger partial charge in [0, 0.05) is 6.04 Å². The number of ether oxygens (including phenoxy) is 1. The zero-order valence-corrected chi connectivity index (χ0v) is 13.5. The molecule has 0 aliphatic carbocycles. The van der Waals surface area contributed by atoms with Crippen LogP contribution in [-0.2, 0) is 0 Å². The largest absolute Gasteiger partial charge is 0.494 e. The molecule has 0 fully saturated rings. The van der Waals surface area contributed by atoms with E-state index in [9.17, 15) is 0 Å². The van der Waals surface area contributed by atoms with Crippen LogP contribution >= 0.6 is 0 Å². The summed E-state index contributed by atoms with van der Waals surface area (Å²) in [5, 5.41) is 3.60. The first-order valence-electron chi connectivity index (χ1n) is 8.27. The molecule has 0 radical (unpaired) electrons. The van der Waals surface area contributed by atoms with Gasteiger partial charge in [-0.05, 0) is 37.6 Å². The average molecular weight is 277 g/mol. The SMILES string of the molecule is CCCCCCCC(NCC)c1cccc(OCC)c1. The maximum Gasteiger partial charge on any atom is 0.119 e. The molecule has 1 aromatic carbocycles. The highest BCUT2D eigenvalue weighted by Crippen LogP contribution is 2.24. The molecule has 0 saturated carbocycles. The minimum absolute atomic E-state index is 0.460. The van der Waals surface area contributed by atoms with Crippen LogP contribution in [0.1, 0.15) is 70.9 Å². The lowest BCUT2D eigenvalue weighted by Gasteiger charge is -2.19. The first-order valence-corrected chi connectivity index (χ1v) is 8.27. The highest BCUT2D eigenvalue weighted by Gasteiger charge is 2.10. The molecule has 1 N–H and O–H groups in total. The van der Waals surface area contributed by atoms with Gasteiger partial charge in [-0.25, -0.2) is 0 Å². The Morgan fingerprint density at radius 3 is 2.55 bits per heavy atom. The lowest BCUT2D eigenvalue weighted by molar-refractivity contribution is 0.339. The normalized spacial score (nSPS) is 12.3. The van der Waals surface area contributed by atoms with Gasteiger partial charge in [-0.3, -0.25) is 0 Å². The average Bonchev–Trinajstić information content (AvgIpc) is 2.46. The smallest absolute Gasteiger partial charge is 0.119 e. The van der Waals surface area contributed by atoms with Crippen LogP contribution in [0.4, 0.5) is 0 Å². The van der Waals surface area contributed by atoms with Crippen LogP contribution in [0.25, 0.3) is 0 Å². The third kappa shape index (κ3) is 6.42. The van der Waals surface area contributed by atoms with Crippen molar-refractivity contribution < 1.29 is 4.74 Å². The predicted molar refractivity (Wildman–Crippen MR) is 87.4 cm³/mol. The van der Waals surface area contributed by atoms with Gasteiger partial charge in [-0.2, -0.15) is 0 Å². The van der Waals surface area contributed by atoms with Gasteiger partial charge in [0.25, 0.3) is 0 Å². The fourth-order valence-corrected chi connectivity index (χ4v) is 2.57. The van der Waals surface area contributed by atoms with Gasteiger partial charge < -0.3 is 10.1 Å². The second kappa shape index (κ2) is 10.7. The van der Waals surface area contributed by atoms with Gasteiger partial charge in [-0.1, -0.05) is 58.1 Å². The predicted octanol–water partition coefficient (Wildman–Crippen LogP) is 5.10. The lowest BCUT2D eigenvalue weighted by atomic mass is 9.99. The summed E-state index contributed by atoms with van der Waals surface area (Å²) in [5.41, 5.74) is 1.35. The molecule has 0 aliphatic heterocycles. The van der Waals surface area contributed by atoms with E-state index < -0.39 is 0 Å². The Kier molecular flexibility index (Phi) is 9.14. The minimum Gasteiger partial charge on any atom is -0.494 e. The highest BCUT2D eigenvalue weighted by molar-refractivity contribution is 5.30.